The number of nitro benzene ring substituents is 1. The van der Waals surface area contributed by atoms with Crippen LogP contribution in [0.1, 0.15) is 23.7 Å². The molecule has 9 nitrogen and oxygen atoms in total. The normalized spacial score (nSPS) is 21.9. The number of hydrogen-bond donors (Lipinski definition) is 1. The summed E-state index contributed by atoms with van der Waals surface area (Å²) in [6, 6.07) is 4.76. The summed E-state index contributed by atoms with van der Waals surface area (Å²) < 4.78 is 27.8. The molecule has 1 aliphatic rings. The Hall–Kier alpha value is -2.49. The van der Waals surface area contributed by atoms with Gasteiger partial charge in [0.05, 0.1) is 27.5 Å². The van der Waals surface area contributed by atoms with Crippen LogP contribution in [0.3, 0.4) is 0 Å². The van der Waals surface area contributed by atoms with Crippen molar-refractivity contribution in [2.45, 2.75) is 18.9 Å². The molecular formula is C14H16N2O7S. The van der Waals surface area contributed by atoms with Gasteiger partial charge in [0.2, 0.25) is 0 Å². The van der Waals surface area contributed by atoms with E-state index >= 15 is 0 Å². The van der Waals surface area contributed by atoms with Crippen molar-refractivity contribution in [2.75, 3.05) is 18.1 Å². The summed E-state index contributed by atoms with van der Waals surface area (Å²) in [5.41, 5.74) is -0.960. The second kappa shape index (κ2) is 6.56. The van der Waals surface area contributed by atoms with Crippen LogP contribution in [0.15, 0.2) is 24.3 Å². The van der Waals surface area contributed by atoms with E-state index < -0.39 is 38.8 Å². The summed E-state index contributed by atoms with van der Waals surface area (Å²) in [7, 11) is -3.16. The fraction of sp³-hybridized carbons (Fsp3) is 0.429. The number of nitrogens with zero attached hydrogens (tertiary/aromatic N) is 1. The number of nitrogens with one attached hydrogen (secondary N) is 1. The molecule has 1 aromatic rings. The summed E-state index contributed by atoms with van der Waals surface area (Å²) in [5, 5.41) is 13.1. The quantitative estimate of drug-likeness (QED) is 0.460. The van der Waals surface area contributed by atoms with Gasteiger partial charge in [-0.15, -0.1) is 0 Å². The highest BCUT2D eigenvalue weighted by molar-refractivity contribution is 7.91. The van der Waals surface area contributed by atoms with Crippen molar-refractivity contribution < 1.29 is 27.7 Å². The highest BCUT2D eigenvalue weighted by Crippen LogP contribution is 2.22. The summed E-state index contributed by atoms with van der Waals surface area (Å²) in [4.78, 5) is 33.5. The Bertz CT molecular complexity index is 773. The van der Waals surface area contributed by atoms with Gasteiger partial charge in [-0.05, 0) is 25.5 Å². The topological polar surface area (TPSA) is 133 Å². The van der Waals surface area contributed by atoms with Crippen molar-refractivity contribution >= 4 is 27.4 Å². The molecule has 0 bridgehead atoms. The first kappa shape index (κ1) is 17.9. The van der Waals surface area contributed by atoms with Gasteiger partial charge in [-0.2, -0.15) is 0 Å². The molecule has 1 fully saturated rings. The minimum absolute atomic E-state index is 0.00631. The Morgan fingerprint density at radius 3 is 2.46 bits per heavy atom. The average Bonchev–Trinajstić information content (AvgIpc) is 2.78. The van der Waals surface area contributed by atoms with E-state index in [1.165, 1.54) is 12.1 Å². The van der Waals surface area contributed by atoms with Gasteiger partial charge < -0.3 is 10.1 Å². The van der Waals surface area contributed by atoms with Gasteiger partial charge >= 0.3 is 5.97 Å². The maximum atomic E-state index is 11.8. The summed E-state index contributed by atoms with van der Waals surface area (Å²) in [6.07, 6.45) is 0.303. The molecule has 1 N–H and O–H groups in total. The molecule has 1 amide bonds. The molecule has 0 aromatic heterocycles. The van der Waals surface area contributed by atoms with Crippen molar-refractivity contribution in [1.82, 2.24) is 5.32 Å². The van der Waals surface area contributed by atoms with Crippen LogP contribution >= 0.6 is 0 Å². The minimum atomic E-state index is -3.16. The van der Waals surface area contributed by atoms with Gasteiger partial charge in [0.1, 0.15) is 0 Å². The number of esters is 1. The van der Waals surface area contributed by atoms with Crippen LogP contribution in [0.4, 0.5) is 5.69 Å². The first-order chi connectivity index (χ1) is 11.1. The average molecular weight is 356 g/mol. The summed E-state index contributed by atoms with van der Waals surface area (Å²) in [5.74, 6) is -1.55. The van der Waals surface area contributed by atoms with E-state index in [-0.39, 0.29) is 22.8 Å². The second-order valence-corrected chi connectivity index (χ2v) is 8.02. The van der Waals surface area contributed by atoms with E-state index in [1.54, 1.807) is 6.92 Å². The molecule has 1 heterocycles. The second-order valence-electron chi connectivity index (χ2n) is 5.83. The van der Waals surface area contributed by atoms with E-state index in [2.05, 4.69) is 5.32 Å². The first-order valence-electron chi connectivity index (χ1n) is 7.03. The molecule has 1 atom stereocenters. The van der Waals surface area contributed by atoms with Crippen molar-refractivity contribution in [3.8, 4) is 0 Å². The molecule has 0 radical (unpaired) electrons. The number of rotatable bonds is 5. The van der Waals surface area contributed by atoms with E-state index in [0.29, 0.717) is 6.42 Å². The van der Waals surface area contributed by atoms with Gasteiger partial charge in [-0.3, -0.25) is 14.9 Å². The van der Waals surface area contributed by atoms with Crippen molar-refractivity contribution in [3.63, 3.8) is 0 Å². The lowest BCUT2D eigenvalue weighted by molar-refractivity contribution is -0.384. The van der Waals surface area contributed by atoms with Gasteiger partial charge in [-0.25, -0.2) is 13.2 Å². The standard InChI is InChI=1S/C14H16N2O7S/c1-14(6-7-24(21,22)9-14)15-12(17)8-23-13(18)10-2-4-11(5-3-10)16(19)20/h2-5H,6-9H2,1H3,(H,15,17)/t14-/m1/s1. The van der Waals surface area contributed by atoms with Crippen molar-refractivity contribution in [2.24, 2.45) is 0 Å². The molecule has 130 valence electrons. The van der Waals surface area contributed by atoms with Gasteiger partial charge in [0, 0.05) is 12.1 Å². The molecule has 1 aliphatic heterocycles. The minimum Gasteiger partial charge on any atom is -0.452 e. The molecule has 10 heteroatoms. The third-order valence-corrected chi connectivity index (χ3v) is 5.50. The van der Waals surface area contributed by atoms with E-state index in [9.17, 15) is 28.1 Å². The largest absolute Gasteiger partial charge is 0.452 e. The third kappa shape index (κ3) is 4.51. The van der Waals surface area contributed by atoms with E-state index in [1.807, 2.05) is 0 Å². The molecule has 0 unspecified atom stereocenters. The zero-order chi connectivity index (χ0) is 18.0. The van der Waals surface area contributed by atoms with Crippen LogP contribution in [0, 0.1) is 10.1 Å². The highest BCUT2D eigenvalue weighted by Gasteiger charge is 2.39. The van der Waals surface area contributed by atoms with Gasteiger partial charge in [-0.1, -0.05) is 0 Å². The SMILES string of the molecule is C[C@@]1(NC(=O)COC(=O)c2ccc([N+](=O)[O-])cc2)CCS(=O)(=O)C1. The number of amides is 1. The summed E-state index contributed by atoms with van der Waals surface area (Å²) >= 11 is 0. The maximum absolute atomic E-state index is 11.8. The molecule has 0 saturated carbocycles. The number of nitro groups is 1. The van der Waals surface area contributed by atoms with Crippen LogP contribution in [0.2, 0.25) is 0 Å². The molecule has 0 aliphatic carbocycles. The lowest BCUT2D eigenvalue weighted by Gasteiger charge is -2.23. The lowest BCUT2D eigenvalue weighted by Crippen LogP contribution is -2.48. The Morgan fingerprint density at radius 1 is 1.33 bits per heavy atom. The summed E-state index contributed by atoms with van der Waals surface area (Å²) in [6.45, 7) is 1.05. The van der Waals surface area contributed by atoms with Gasteiger partial charge in [0.15, 0.2) is 16.4 Å². The number of carbonyl (C=O) groups excluding carboxylic acids is 2. The predicted molar refractivity (Wildman–Crippen MR) is 83.2 cm³/mol. The Morgan fingerprint density at radius 2 is 1.96 bits per heavy atom. The number of ether oxygens (including phenoxy) is 1. The molecule has 1 aromatic carbocycles. The predicted octanol–water partition coefficient (Wildman–Crippen LogP) is 0.445. The molecule has 1 saturated heterocycles. The third-order valence-electron chi connectivity index (χ3n) is 3.59. The van der Waals surface area contributed by atoms with Crippen molar-refractivity contribution in [3.05, 3.63) is 39.9 Å². The maximum Gasteiger partial charge on any atom is 0.338 e. The fourth-order valence-electron chi connectivity index (χ4n) is 2.42. The number of non-ortho nitro benzene ring substituents is 1. The first-order valence-corrected chi connectivity index (χ1v) is 8.85. The van der Waals surface area contributed by atoms with Crippen molar-refractivity contribution in [1.29, 1.82) is 0 Å². The fourth-order valence-corrected chi connectivity index (χ4v) is 4.51. The van der Waals surface area contributed by atoms with Crippen LogP contribution in [0.25, 0.3) is 0 Å². The highest BCUT2D eigenvalue weighted by atomic mass is 32.2. The number of hydrogen-bond acceptors (Lipinski definition) is 7. The monoisotopic (exact) mass is 356 g/mol. The zero-order valence-electron chi connectivity index (χ0n) is 12.9. The smallest absolute Gasteiger partial charge is 0.338 e. The molecule has 2 rings (SSSR count). The van der Waals surface area contributed by atoms with Crippen LogP contribution < -0.4 is 5.32 Å². The Labute approximate surface area is 138 Å². The number of carbonyl (C=O) groups is 2. The van der Waals surface area contributed by atoms with Crippen LogP contribution in [-0.2, 0) is 19.4 Å². The zero-order valence-corrected chi connectivity index (χ0v) is 13.7. The van der Waals surface area contributed by atoms with Crippen LogP contribution in [-0.4, -0.2) is 48.9 Å². The van der Waals surface area contributed by atoms with E-state index in [0.717, 1.165) is 12.1 Å². The molecule has 0 spiro atoms. The number of sulfone groups is 1. The van der Waals surface area contributed by atoms with Crippen LogP contribution in [0.5, 0.6) is 0 Å². The molecular weight excluding hydrogens is 340 g/mol. The van der Waals surface area contributed by atoms with Gasteiger partial charge in [0.25, 0.3) is 11.6 Å². The Kier molecular flexibility index (Phi) is 4.88. The molecule has 24 heavy (non-hydrogen) atoms. The lowest BCUT2D eigenvalue weighted by atomic mass is 10.0. The number of benzene rings is 1. The van der Waals surface area contributed by atoms with E-state index in [4.69, 9.17) is 4.74 Å². The Balaban J connectivity index is 1.87.